The van der Waals surface area contributed by atoms with Gasteiger partial charge in [-0.3, -0.25) is 4.79 Å². The molecule has 0 aromatic heterocycles. The van der Waals surface area contributed by atoms with Gasteiger partial charge in [-0.25, -0.2) is 0 Å². The van der Waals surface area contributed by atoms with E-state index in [2.05, 4.69) is 21.2 Å². The summed E-state index contributed by atoms with van der Waals surface area (Å²) in [4.78, 5) is 12.7. The maximum absolute atomic E-state index is 12.7. The Morgan fingerprint density at radius 3 is 2.48 bits per heavy atom. The molecule has 6 heteroatoms. The van der Waals surface area contributed by atoms with Crippen molar-refractivity contribution >= 4 is 39.1 Å². The van der Waals surface area contributed by atoms with Gasteiger partial charge in [-0.2, -0.15) is 0 Å². The normalized spacial score (nSPS) is 10.3. The van der Waals surface area contributed by atoms with Gasteiger partial charge in [0, 0.05) is 5.56 Å². The second-order valence-electron chi connectivity index (χ2n) is 5.70. The van der Waals surface area contributed by atoms with Crippen LogP contribution in [0.4, 0.5) is 5.69 Å². The predicted octanol–water partition coefficient (Wildman–Crippen LogP) is 5.94. The van der Waals surface area contributed by atoms with Gasteiger partial charge in [-0.15, -0.1) is 0 Å². The van der Waals surface area contributed by atoms with Crippen LogP contribution >= 0.6 is 27.5 Å². The molecule has 0 unspecified atom stereocenters. The number of hydrogen-bond donors (Lipinski definition) is 1. The largest absolute Gasteiger partial charge is 0.492 e. The number of methoxy groups -OCH3 is 1. The average Bonchev–Trinajstić information content (AvgIpc) is 2.68. The topological polar surface area (TPSA) is 47.6 Å². The number of ether oxygens (including phenoxy) is 2. The van der Waals surface area contributed by atoms with Crippen molar-refractivity contribution in [1.29, 1.82) is 0 Å². The van der Waals surface area contributed by atoms with Crippen molar-refractivity contribution in [2.45, 2.75) is 6.61 Å². The highest BCUT2D eigenvalue weighted by Crippen LogP contribution is 2.37. The van der Waals surface area contributed by atoms with E-state index in [1.165, 1.54) is 0 Å². The van der Waals surface area contributed by atoms with E-state index in [0.717, 1.165) is 5.56 Å². The van der Waals surface area contributed by atoms with Gasteiger partial charge in [0.2, 0.25) is 0 Å². The molecule has 0 aliphatic rings. The van der Waals surface area contributed by atoms with Crippen molar-refractivity contribution in [1.82, 2.24) is 0 Å². The Hall–Kier alpha value is -2.50. The first-order valence-corrected chi connectivity index (χ1v) is 9.35. The summed E-state index contributed by atoms with van der Waals surface area (Å²) in [7, 11) is 1.55. The lowest BCUT2D eigenvalue weighted by Gasteiger charge is -2.14. The number of carbonyl (C=O) groups is 1. The maximum Gasteiger partial charge on any atom is 0.255 e. The summed E-state index contributed by atoms with van der Waals surface area (Å²) in [5, 5.41) is 3.28. The maximum atomic E-state index is 12.7. The zero-order valence-electron chi connectivity index (χ0n) is 14.5. The molecule has 1 N–H and O–H groups in total. The van der Waals surface area contributed by atoms with E-state index in [0.29, 0.717) is 38.9 Å². The van der Waals surface area contributed by atoms with Crippen LogP contribution in [0.1, 0.15) is 15.9 Å². The van der Waals surface area contributed by atoms with E-state index in [9.17, 15) is 4.79 Å². The summed E-state index contributed by atoms with van der Waals surface area (Å²) in [6.07, 6.45) is 0. The average molecular weight is 447 g/mol. The van der Waals surface area contributed by atoms with E-state index >= 15 is 0 Å². The highest BCUT2D eigenvalue weighted by Gasteiger charge is 2.16. The molecule has 0 atom stereocenters. The minimum Gasteiger partial charge on any atom is -0.492 e. The molecule has 0 aliphatic heterocycles. The van der Waals surface area contributed by atoms with E-state index in [-0.39, 0.29) is 5.91 Å². The molecule has 138 valence electrons. The molecule has 0 radical (unpaired) electrons. The number of halogens is 2. The number of rotatable bonds is 6. The van der Waals surface area contributed by atoms with Crippen LogP contribution in [-0.2, 0) is 6.61 Å². The molecule has 1 amide bonds. The standard InChI is InChI=1S/C21H17BrClNO3/c1-26-20-16(22)11-15(21(25)24-18-10-6-5-9-17(18)23)12-19(20)27-13-14-7-3-2-4-8-14/h2-12H,13H2,1H3,(H,24,25). The molecule has 3 aromatic carbocycles. The molecule has 27 heavy (non-hydrogen) atoms. The monoisotopic (exact) mass is 445 g/mol. The fourth-order valence-electron chi connectivity index (χ4n) is 2.50. The van der Waals surface area contributed by atoms with Crippen LogP contribution in [0.2, 0.25) is 5.02 Å². The van der Waals surface area contributed by atoms with Crippen LogP contribution < -0.4 is 14.8 Å². The summed E-state index contributed by atoms with van der Waals surface area (Å²) in [6, 6.07) is 20.2. The first-order valence-electron chi connectivity index (χ1n) is 8.18. The van der Waals surface area contributed by atoms with Gasteiger partial charge in [-0.05, 0) is 45.8 Å². The minimum atomic E-state index is -0.295. The number of benzene rings is 3. The summed E-state index contributed by atoms with van der Waals surface area (Å²) in [6.45, 7) is 0.360. The second-order valence-corrected chi connectivity index (χ2v) is 6.96. The molecule has 0 aliphatic carbocycles. The van der Waals surface area contributed by atoms with Crippen LogP contribution in [0.25, 0.3) is 0 Å². The second kappa shape index (κ2) is 8.93. The molecule has 0 saturated carbocycles. The van der Waals surface area contributed by atoms with Crippen LogP contribution in [0.3, 0.4) is 0 Å². The third-order valence-electron chi connectivity index (χ3n) is 3.84. The fourth-order valence-corrected chi connectivity index (χ4v) is 3.28. The van der Waals surface area contributed by atoms with Gasteiger partial charge in [0.15, 0.2) is 11.5 Å². The Balaban J connectivity index is 1.84. The van der Waals surface area contributed by atoms with Crippen molar-refractivity contribution in [2.24, 2.45) is 0 Å². The zero-order valence-corrected chi connectivity index (χ0v) is 16.9. The van der Waals surface area contributed by atoms with Crippen LogP contribution in [0, 0.1) is 0 Å². The van der Waals surface area contributed by atoms with Gasteiger partial charge < -0.3 is 14.8 Å². The molecule has 4 nitrogen and oxygen atoms in total. The first kappa shape index (κ1) is 19.3. The zero-order chi connectivity index (χ0) is 19.2. The summed E-state index contributed by atoms with van der Waals surface area (Å²) >= 11 is 9.56. The lowest BCUT2D eigenvalue weighted by molar-refractivity contribution is 0.102. The highest BCUT2D eigenvalue weighted by molar-refractivity contribution is 9.10. The third kappa shape index (κ3) is 4.81. The molecule has 3 rings (SSSR count). The molecule has 3 aromatic rings. The lowest BCUT2D eigenvalue weighted by atomic mass is 10.1. The number of amides is 1. The van der Waals surface area contributed by atoms with Gasteiger partial charge in [0.05, 0.1) is 22.3 Å². The van der Waals surface area contributed by atoms with Gasteiger partial charge >= 0.3 is 0 Å². The summed E-state index contributed by atoms with van der Waals surface area (Å²) in [5.74, 6) is 0.705. The van der Waals surface area contributed by atoms with Crippen LogP contribution in [-0.4, -0.2) is 13.0 Å². The van der Waals surface area contributed by atoms with E-state index in [1.807, 2.05) is 30.3 Å². The Kier molecular flexibility index (Phi) is 6.37. The lowest BCUT2D eigenvalue weighted by Crippen LogP contribution is -2.13. The Bertz CT molecular complexity index is 947. The molecule has 0 saturated heterocycles. The molecule has 0 heterocycles. The van der Waals surface area contributed by atoms with Gasteiger partial charge in [0.25, 0.3) is 5.91 Å². The molecule has 0 bridgehead atoms. The van der Waals surface area contributed by atoms with Crippen molar-refractivity contribution in [3.8, 4) is 11.5 Å². The van der Waals surface area contributed by atoms with E-state index in [1.54, 1.807) is 43.5 Å². The van der Waals surface area contributed by atoms with Crippen molar-refractivity contribution in [3.63, 3.8) is 0 Å². The van der Waals surface area contributed by atoms with Crippen LogP contribution in [0.15, 0.2) is 71.2 Å². The predicted molar refractivity (Wildman–Crippen MR) is 111 cm³/mol. The molecular weight excluding hydrogens is 430 g/mol. The number of hydrogen-bond acceptors (Lipinski definition) is 3. The number of carbonyl (C=O) groups excluding carboxylic acids is 1. The SMILES string of the molecule is COc1c(Br)cc(C(=O)Nc2ccccc2Cl)cc1OCc1ccccc1. The molecule has 0 fully saturated rings. The Labute approximate surface area is 171 Å². The van der Waals surface area contributed by atoms with Gasteiger partial charge in [0.1, 0.15) is 6.61 Å². The smallest absolute Gasteiger partial charge is 0.255 e. The minimum absolute atomic E-state index is 0.295. The number of anilines is 1. The Morgan fingerprint density at radius 2 is 1.78 bits per heavy atom. The first-order chi connectivity index (χ1) is 13.1. The fraction of sp³-hybridized carbons (Fsp3) is 0.0952. The highest BCUT2D eigenvalue weighted by atomic mass is 79.9. The molecule has 0 spiro atoms. The summed E-state index contributed by atoms with van der Waals surface area (Å²) in [5.41, 5.74) is 1.98. The Morgan fingerprint density at radius 1 is 1.07 bits per heavy atom. The quantitative estimate of drug-likeness (QED) is 0.509. The van der Waals surface area contributed by atoms with Crippen molar-refractivity contribution in [3.05, 3.63) is 87.4 Å². The van der Waals surface area contributed by atoms with Crippen LogP contribution in [0.5, 0.6) is 11.5 Å². The number of para-hydroxylation sites is 1. The third-order valence-corrected chi connectivity index (χ3v) is 4.75. The van der Waals surface area contributed by atoms with E-state index < -0.39 is 0 Å². The summed E-state index contributed by atoms with van der Waals surface area (Å²) < 4.78 is 11.9. The van der Waals surface area contributed by atoms with E-state index in [4.69, 9.17) is 21.1 Å². The van der Waals surface area contributed by atoms with Crippen molar-refractivity contribution in [2.75, 3.05) is 12.4 Å². The van der Waals surface area contributed by atoms with Gasteiger partial charge in [-0.1, -0.05) is 54.1 Å². The number of nitrogens with one attached hydrogen (secondary N) is 1. The molecular formula is C21H17BrClNO3. The van der Waals surface area contributed by atoms with Crippen molar-refractivity contribution < 1.29 is 14.3 Å².